The van der Waals surface area contributed by atoms with Crippen molar-refractivity contribution in [2.24, 2.45) is 0 Å². The summed E-state index contributed by atoms with van der Waals surface area (Å²) in [6.45, 7) is 3.22. The van der Waals surface area contributed by atoms with Crippen LogP contribution in [0.5, 0.6) is 0 Å². The van der Waals surface area contributed by atoms with E-state index < -0.39 is 0 Å². The Kier molecular flexibility index (Phi) is 5.33. The highest BCUT2D eigenvalue weighted by Gasteiger charge is 2.23. The van der Waals surface area contributed by atoms with Crippen molar-refractivity contribution < 1.29 is 9.59 Å². The van der Waals surface area contributed by atoms with E-state index in [0.717, 1.165) is 34.4 Å². The Bertz CT molecular complexity index is 1050. The van der Waals surface area contributed by atoms with Gasteiger partial charge in [-0.05, 0) is 37.6 Å². The summed E-state index contributed by atoms with van der Waals surface area (Å²) in [6, 6.07) is 13.0. The van der Waals surface area contributed by atoms with Crippen LogP contribution in [-0.2, 0) is 4.79 Å². The van der Waals surface area contributed by atoms with Crippen molar-refractivity contribution in [1.82, 2.24) is 15.2 Å². The molecule has 0 saturated carbocycles. The number of hydrogen-bond donors (Lipinski definition) is 1. The second kappa shape index (κ2) is 7.89. The van der Waals surface area contributed by atoms with Crippen molar-refractivity contribution in [3.8, 4) is 10.6 Å². The number of para-hydroxylation sites is 1. The Hall–Kier alpha value is -2.44. The fourth-order valence-electron chi connectivity index (χ4n) is 3.52. The molecular weight excluding hydrogens is 394 g/mol. The number of hydrogen-bond acceptors (Lipinski definition) is 4. The fourth-order valence-corrected chi connectivity index (χ4v) is 4.52. The quantitative estimate of drug-likeness (QED) is 0.676. The second-order valence-electron chi connectivity index (χ2n) is 6.99. The van der Waals surface area contributed by atoms with Gasteiger partial charge >= 0.3 is 0 Å². The molecule has 3 heterocycles. The molecule has 0 bridgehead atoms. The Morgan fingerprint density at radius 2 is 2.14 bits per heavy atom. The molecule has 2 aromatic heterocycles. The number of carbonyl (C=O) groups is 2. The third-order valence-corrected chi connectivity index (χ3v) is 6.08. The Morgan fingerprint density at radius 3 is 2.86 bits per heavy atom. The Balaban J connectivity index is 1.62. The van der Waals surface area contributed by atoms with Crippen LogP contribution in [0.2, 0.25) is 4.34 Å². The molecular formula is C21H20ClN3O2S. The highest BCUT2D eigenvalue weighted by Crippen LogP contribution is 2.32. The number of halogens is 1. The van der Waals surface area contributed by atoms with Crippen LogP contribution in [-0.4, -0.2) is 40.8 Å². The summed E-state index contributed by atoms with van der Waals surface area (Å²) in [5.41, 5.74) is 2.06. The molecule has 1 aliphatic rings. The van der Waals surface area contributed by atoms with Crippen LogP contribution >= 0.6 is 22.9 Å². The lowest BCUT2D eigenvalue weighted by Crippen LogP contribution is -2.42. The number of nitrogens with zero attached hydrogens (tertiary/aromatic N) is 2. The Morgan fingerprint density at radius 1 is 1.32 bits per heavy atom. The summed E-state index contributed by atoms with van der Waals surface area (Å²) in [7, 11) is 0. The van der Waals surface area contributed by atoms with Gasteiger partial charge in [0.2, 0.25) is 5.91 Å². The molecule has 144 valence electrons. The predicted molar refractivity (Wildman–Crippen MR) is 113 cm³/mol. The number of thiophene rings is 1. The van der Waals surface area contributed by atoms with Gasteiger partial charge in [0, 0.05) is 30.9 Å². The highest BCUT2D eigenvalue weighted by atomic mass is 35.5. The number of pyridine rings is 1. The average Bonchev–Trinajstić information content (AvgIpc) is 3.29. The van der Waals surface area contributed by atoms with Gasteiger partial charge in [-0.1, -0.05) is 29.8 Å². The van der Waals surface area contributed by atoms with E-state index in [1.54, 1.807) is 0 Å². The van der Waals surface area contributed by atoms with Crippen LogP contribution < -0.4 is 5.32 Å². The molecule has 7 heteroatoms. The SMILES string of the molecule is C[C@H](CN1CCCC1=O)NC(=O)c1cc(-c2ccc(Cl)s2)nc2ccccc12. The van der Waals surface area contributed by atoms with Gasteiger partial charge in [0.05, 0.1) is 26.0 Å². The number of likely N-dealkylation sites (tertiary alicyclic amines) is 1. The third-order valence-electron chi connectivity index (χ3n) is 4.83. The summed E-state index contributed by atoms with van der Waals surface area (Å²) in [6.07, 6.45) is 1.49. The van der Waals surface area contributed by atoms with E-state index in [9.17, 15) is 9.59 Å². The lowest BCUT2D eigenvalue weighted by Gasteiger charge is -2.22. The Labute approximate surface area is 172 Å². The monoisotopic (exact) mass is 413 g/mol. The summed E-state index contributed by atoms with van der Waals surface area (Å²) in [5.74, 6) is -0.00558. The van der Waals surface area contributed by atoms with E-state index in [-0.39, 0.29) is 17.9 Å². The lowest BCUT2D eigenvalue weighted by molar-refractivity contribution is -0.127. The molecule has 1 atom stereocenters. The average molecular weight is 414 g/mol. The number of aromatic nitrogens is 1. The first-order valence-corrected chi connectivity index (χ1v) is 10.4. The van der Waals surface area contributed by atoms with Gasteiger partial charge in [-0.3, -0.25) is 9.59 Å². The van der Waals surface area contributed by atoms with Gasteiger partial charge in [0.1, 0.15) is 0 Å². The zero-order valence-electron chi connectivity index (χ0n) is 15.4. The van der Waals surface area contributed by atoms with E-state index >= 15 is 0 Å². The number of benzene rings is 1. The summed E-state index contributed by atoms with van der Waals surface area (Å²) >= 11 is 7.50. The van der Waals surface area contributed by atoms with E-state index in [0.29, 0.717) is 22.9 Å². The van der Waals surface area contributed by atoms with Crippen LogP contribution in [0.1, 0.15) is 30.1 Å². The minimum atomic E-state index is -0.165. The molecule has 1 fully saturated rings. The van der Waals surface area contributed by atoms with Crippen LogP contribution in [0.25, 0.3) is 21.5 Å². The van der Waals surface area contributed by atoms with Crippen molar-refractivity contribution in [1.29, 1.82) is 0 Å². The van der Waals surface area contributed by atoms with Crippen LogP contribution in [0, 0.1) is 0 Å². The second-order valence-corrected chi connectivity index (χ2v) is 8.71. The van der Waals surface area contributed by atoms with Crippen molar-refractivity contribution in [3.63, 3.8) is 0 Å². The van der Waals surface area contributed by atoms with Crippen molar-refractivity contribution in [2.45, 2.75) is 25.8 Å². The molecule has 0 aliphatic carbocycles. The summed E-state index contributed by atoms with van der Waals surface area (Å²) in [4.78, 5) is 32.3. The molecule has 28 heavy (non-hydrogen) atoms. The number of fused-ring (bicyclic) bond motifs is 1. The third kappa shape index (κ3) is 3.88. The molecule has 3 aromatic rings. The number of carbonyl (C=O) groups excluding carboxylic acids is 2. The minimum absolute atomic E-state index is 0.138. The smallest absolute Gasteiger partial charge is 0.252 e. The number of rotatable bonds is 5. The molecule has 0 spiro atoms. The van der Waals surface area contributed by atoms with Crippen molar-refractivity contribution >= 4 is 45.7 Å². The molecule has 5 nitrogen and oxygen atoms in total. The van der Waals surface area contributed by atoms with Gasteiger partial charge in [-0.15, -0.1) is 11.3 Å². The molecule has 1 N–H and O–H groups in total. The largest absolute Gasteiger partial charge is 0.348 e. The van der Waals surface area contributed by atoms with Gasteiger partial charge in [-0.2, -0.15) is 0 Å². The fraction of sp³-hybridized carbons (Fsp3) is 0.286. The summed E-state index contributed by atoms with van der Waals surface area (Å²) < 4.78 is 0.680. The maximum Gasteiger partial charge on any atom is 0.252 e. The lowest BCUT2D eigenvalue weighted by atomic mass is 10.1. The van der Waals surface area contributed by atoms with Gasteiger partial charge in [0.15, 0.2) is 0 Å². The van der Waals surface area contributed by atoms with Gasteiger partial charge in [-0.25, -0.2) is 4.98 Å². The molecule has 0 unspecified atom stereocenters. The maximum absolute atomic E-state index is 13.0. The standard InChI is InChI=1S/C21H20ClN3O2S/c1-13(12-25-10-4-7-20(25)26)23-21(27)15-11-17(18-8-9-19(22)28-18)24-16-6-3-2-5-14(15)16/h2-3,5-6,8-9,11,13H,4,7,10,12H2,1H3,(H,23,27)/t13-/m1/s1. The normalized spacial score (nSPS) is 15.2. The highest BCUT2D eigenvalue weighted by molar-refractivity contribution is 7.19. The van der Waals surface area contributed by atoms with Crippen LogP contribution in [0.4, 0.5) is 0 Å². The minimum Gasteiger partial charge on any atom is -0.348 e. The van der Waals surface area contributed by atoms with E-state index in [1.165, 1.54) is 11.3 Å². The molecule has 0 radical (unpaired) electrons. The molecule has 1 aliphatic heterocycles. The zero-order chi connectivity index (χ0) is 19.7. The predicted octanol–water partition coefficient (Wildman–Crippen LogP) is 4.36. The van der Waals surface area contributed by atoms with Gasteiger partial charge < -0.3 is 10.2 Å². The zero-order valence-corrected chi connectivity index (χ0v) is 17.0. The first kappa shape index (κ1) is 18.9. The molecule has 2 amide bonds. The number of amides is 2. The first-order valence-electron chi connectivity index (χ1n) is 9.25. The van der Waals surface area contributed by atoms with Crippen molar-refractivity contribution in [2.75, 3.05) is 13.1 Å². The maximum atomic E-state index is 13.0. The molecule has 1 saturated heterocycles. The molecule has 1 aromatic carbocycles. The van der Waals surface area contributed by atoms with Crippen LogP contribution in [0.15, 0.2) is 42.5 Å². The number of nitrogens with one attached hydrogen (secondary N) is 1. The van der Waals surface area contributed by atoms with Gasteiger partial charge in [0.25, 0.3) is 5.91 Å². The molecule has 4 rings (SSSR count). The van der Waals surface area contributed by atoms with Crippen LogP contribution in [0.3, 0.4) is 0 Å². The first-order chi connectivity index (χ1) is 13.5. The van der Waals surface area contributed by atoms with E-state index in [4.69, 9.17) is 16.6 Å². The van der Waals surface area contributed by atoms with E-state index in [2.05, 4.69) is 5.32 Å². The topological polar surface area (TPSA) is 62.3 Å². The summed E-state index contributed by atoms with van der Waals surface area (Å²) in [5, 5.41) is 3.84. The van der Waals surface area contributed by atoms with E-state index in [1.807, 2.05) is 54.3 Å². The van der Waals surface area contributed by atoms with Crippen molar-refractivity contribution in [3.05, 3.63) is 52.4 Å².